The molecule has 2 aromatic rings. The zero-order valence-electron chi connectivity index (χ0n) is 13.3. The topological polar surface area (TPSA) is 29.9 Å². The van der Waals surface area contributed by atoms with Gasteiger partial charge in [0.1, 0.15) is 0 Å². The quantitative estimate of drug-likeness (QED) is 0.777. The molecule has 3 nitrogen and oxygen atoms in total. The molecule has 0 amide bonds. The standard InChI is InChI=1S/C19H27N3/c1-3-8-17(9-4-1)19(18-10-5-2-6-11-18)21-12-7-14-22-15-13-20-16-22/h1,3-4,8-9,13,15-16,18-19,21H,2,5-7,10-12,14H2. The number of nitrogens with zero attached hydrogens (tertiary/aromatic N) is 2. The second-order valence-electron chi connectivity index (χ2n) is 6.39. The molecule has 118 valence electrons. The maximum absolute atomic E-state index is 4.10. The lowest BCUT2D eigenvalue weighted by Gasteiger charge is -2.31. The molecular weight excluding hydrogens is 270 g/mol. The summed E-state index contributed by atoms with van der Waals surface area (Å²) in [7, 11) is 0. The molecule has 1 N–H and O–H groups in total. The third-order valence-electron chi connectivity index (χ3n) is 4.80. The van der Waals surface area contributed by atoms with Crippen LogP contribution in [0.25, 0.3) is 0 Å². The summed E-state index contributed by atoms with van der Waals surface area (Å²) in [6, 6.07) is 11.5. The first-order chi connectivity index (χ1) is 10.9. The van der Waals surface area contributed by atoms with Crippen LogP contribution in [-0.4, -0.2) is 16.1 Å². The molecule has 1 fully saturated rings. The highest BCUT2D eigenvalue weighted by Gasteiger charge is 2.24. The van der Waals surface area contributed by atoms with Crippen LogP contribution in [-0.2, 0) is 6.54 Å². The Morgan fingerprint density at radius 3 is 2.68 bits per heavy atom. The van der Waals surface area contributed by atoms with Crippen LogP contribution in [0, 0.1) is 5.92 Å². The highest BCUT2D eigenvalue weighted by molar-refractivity contribution is 5.19. The van der Waals surface area contributed by atoms with Gasteiger partial charge in [-0.15, -0.1) is 0 Å². The van der Waals surface area contributed by atoms with Crippen LogP contribution >= 0.6 is 0 Å². The van der Waals surface area contributed by atoms with E-state index in [1.165, 1.54) is 37.7 Å². The van der Waals surface area contributed by atoms with E-state index in [-0.39, 0.29) is 0 Å². The lowest BCUT2D eigenvalue weighted by molar-refractivity contribution is 0.270. The van der Waals surface area contributed by atoms with Crippen molar-refractivity contribution < 1.29 is 0 Å². The number of hydrogen-bond donors (Lipinski definition) is 1. The van der Waals surface area contributed by atoms with E-state index in [2.05, 4.69) is 45.2 Å². The fourth-order valence-electron chi connectivity index (χ4n) is 3.62. The van der Waals surface area contributed by atoms with Gasteiger partial charge in [-0.25, -0.2) is 4.98 Å². The van der Waals surface area contributed by atoms with Crippen LogP contribution in [0.5, 0.6) is 0 Å². The molecule has 3 rings (SSSR count). The zero-order chi connectivity index (χ0) is 15.0. The maximum atomic E-state index is 4.10. The lowest BCUT2D eigenvalue weighted by atomic mass is 9.81. The Balaban J connectivity index is 1.56. The average molecular weight is 297 g/mol. The molecule has 0 radical (unpaired) electrons. The molecular formula is C19H27N3. The van der Waals surface area contributed by atoms with E-state index in [1.807, 2.05) is 18.7 Å². The van der Waals surface area contributed by atoms with E-state index >= 15 is 0 Å². The Kier molecular flexibility index (Phi) is 5.66. The van der Waals surface area contributed by atoms with Crippen LogP contribution in [0.2, 0.25) is 0 Å². The number of nitrogens with one attached hydrogen (secondary N) is 1. The minimum Gasteiger partial charge on any atom is -0.337 e. The summed E-state index contributed by atoms with van der Waals surface area (Å²) in [6.45, 7) is 2.10. The van der Waals surface area contributed by atoms with Crippen molar-refractivity contribution >= 4 is 0 Å². The smallest absolute Gasteiger partial charge is 0.0945 e. The summed E-state index contributed by atoms with van der Waals surface area (Å²) in [4.78, 5) is 4.10. The first kappa shape index (κ1) is 15.3. The Bertz CT molecular complexity index is 515. The lowest BCUT2D eigenvalue weighted by Crippen LogP contribution is -2.30. The molecule has 0 bridgehead atoms. The van der Waals surface area contributed by atoms with Gasteiger partial charge in [0.25, 0.3) is 0 Å². The molecule has 22 heavy (non-hydrogen) atoms. The second kappa shape index (κ2) is 8.14. The molecule has 1 aromatic carbocycles. The van der Waals surface area contributed by atoms with Crippen LogP contribution < -0.4 is 5.32 Å². The molecule has 1 aliphatic carbocycles. The van der Waals surface area contributed by atoms with Gasteiger partial charge in [-0.05, 0) is 37.3 Å². The molecule has 0 saturated heterocycles. The van der Waals surface area contributed by atoms with Crippen LogP contribution in [0.3, 0.4) is 0 Å². The fourth-order valence-corrected chi connectivity index (χ4v) is 3.62. The van der Waals surface area contributed by atoms with Crippen molar-refractivity contribution in [3.8, 4) is 0 Å². The number of aromatic nitrogens is 2. The van der Waals surface area contributed by atoms with Gasteiger partial charge >= 0.3 is 0 Å². The Hall–Kier alpha value is -1.61. The third kappa shape index (κ3) is 4.20. The molecule has 1 aliphatic rings. The van der Waals surface area contributed by atoms with Gasteiger partial charge in [0.2, 0.25) is 0 Å². The number of aryl methyl sites for hydroxylation is 1. The summed E-state index contributed by atoms with van der Waals surface area (Å²) in [5.74, 6) is 0.796. The average Bonchev–Trinajstić information content (AvgIpc) is 3.10. The van der Waals surface area contributed by atoms with Crippen molar-refractivity contribution in [2.75, 3.05) is 6.54 Å². The maximum Gasteiger partial charge on any atom is 0.0945 e. The SMILES string of the molecule is c1ccc(C(NCCCn2ccnc2)C2CCCCC2)cc1. The second-order valence-corrected chi connectivity index (χ2v) is 6.39. The Morgan fingerprint density at radius 2 is 1.95 bits per heavy atom. The number of rotatable bonds is 7. The minimum absolute atomic E-state index is 0.518. The predicted octanol–water partition coefficient (Wildman–Crippen LogP) is 4.18. The summed E-state index contributed by atoms with van der Waals surface area (Å²) in [6.07, 6.45) is 13.9. The highest BCUT2D eigenvalue weighted by Crippen LogP contribution is 2.34. The van der Waals surface area contributed by atoms with Gasteiger partial charge in [0.05, 0.1) is 6.33 Å². The van der Waals surface area contributed by atoms with Gasteiger partial charge < -0.3 is 9.88 Å². The molecule has 3 heteroatoms. The van der Waals surface area contributed by atoms with E-state index in [1.54, 1.807) is 0 Å². The van der Waals surface area contributed by atoms with E-state index in [9.17, 15) is 0 Å². The largest absolute Gasteiger partial charge is 0.337 e. The third-order valence-corrected chi connectivity index (χ3v) is 4.80. The summed E-state index contributed by atoms with van der Waals surface area (Å²) >= 11 is 0. The highest BCUT2D eigenvalue weighted by atomic mass is 15.0. The van der Waals surface area contributed by atoms with Crippen molar-refractivity contribution in [1.82, 2.24) is 14.9 Å². The first-order valence-electron chi connectivity index (χ1n) is 8.67. The van der Waals surface area contributed by atoms with Gasteiger partial charge in [0, 0.05) is 25.0 Å². The Morgan fingerprint density at radius 1 is 1.14 bits per heavy atom. The monoisotopic (exact) mass is 297 g/mol. The van der Waals surface area contributed by atoms with Crippen LogP contribution in [0.4, 0.5) is 0 Å². The van der Waals surface area contributed by atoms with Crippen molar-refractivity contribution in [3.63, 3.8) is 0 Å². The molecule has 0 aliphatic heterocycles. The number of hydrogen-bond acceptors (Lipinski definition) is 2. The summed E-state index contributed by atoms with van der Waals surface area (Å²) in [5.41, 5.74) is 1.46. The molecule has 1 saturated carbocycles. The first-order valence-corrected chi connectivity index (χ1v) is 8.67. The van der Waals surface area contributed by atoms with Crippen molar-refractivity contribution in [2.45, 2.75) is 51.1 Å². The normalized spacial score (nSPS) is 17.5. The van der Waals surface area contributed by atoms with Crippen LogP contribution in [0.15, 0.2) is 49.1 Å². The van der Waals surface area contributed by atoms with Crippen molar-refractivity contribution in [1.29, 1.82) is 0 Å². The summed E-state index contributed by atoms with van der Waals surface area (Å²) in [5, 5.41) is 3.83. The van der Waals surface area contributed by atoms with Crippen LogP contribution in [0.1, 0.15) is 50.1 Å². The molecule has 1 unspecified atom stereocenters. The molecule has 0 spiro atoms. The summed E-state index contributed by atoms with van der Waals surface area (Å²) < 4.78 is 2.15. The van der Waals surface area contributed by atoms with E-state index < -0.39 is 0 Å². The Labute approximate surface area is 133 Å². The molecule has 1 heterocycles. The van der Waals surface area contributed by atoms with Gasteiger partial charge in [-0.2, -0.15) is 0 Å². The van der Waals surface area contributed by atoms with E-state index in [0.717, 1.165) is 25.4 Å². The molecule has 1 aromatic heterocycles. The number of benzene rings is 1. The van der Waals surface area contributed by atoms with Gasteiger partial charge in [-0.3, -0.25) is 0 Å². The van der Waals surface area contributed by atoms with E-state index in [4.69, 9.17) is 0 Å². The van der Waals surface area contributed by atoms with Crippen molar-refractivity contribution in [3.05, 3.63) is 54.6 Å². The minimum atomic E-state index is 0.518. The van der Waals surface area contributed by atoms with Gasteiger partial charge in [0.15, 0.2) is 0 Å². The van der Waals surface area contributed by atoms with E-state index in [0.29, 0.717) is 6.04 Å². The number of imidazole rings is 1. The van der Waals surface area contributed by atoms with Gasteiger partial charge in [-0.1, -0.05) is 49.6 Å². The predicted molar refractivity (Wildman–Crippen MR) is 90.6 cm³/mol. The molecule has 1 atom stereocenters. The fraction of sp³-hybridized carbons (Fsp3) is 0.526. The zero-order valence-corrected chi connectivity index (χ0v) is 13.3. The van der Waals surface area contributed by atoms with Crippen molar-refractivity contribution in [2.24, 2.45) is 5.92 Å².